The van der Waals surface area contributed by atoms with Crippen molar-refractivity contribution in [2.24, 2.45) is 0 Å². The molecule has 0 spiro atoms. The van der Waals surface area contributed by atoms with Crippen LogP contribution >= 0.6 is 0 Å². The van der Waals surface area contributed by atoms with Crippen molar-refractivity contribution in [2.45, 2.75) is 0 Å². The van der Waals surface area contributed by atoms with Crippen LogP contribution in [0.3, 0.4) is 0 Å². The Kier molecular flexibility index (Phi) is 2.21. The summed E-state index contributed by atoms with van der Waals surface area (Å²) in [6.07, 6.45) is 0. The molecule has 1 heterocycles. The van der Waals surface area contributed by atoms with E-state index in [1.807, 2.05) is 0 Å². The molecular formula is C38H24O. The number of hydrogen-bond donors (Lipinski definition) is 0. The third-order valence-electron chi connectivity index (χ3n) is 6.50. The highest BCUT2D eigenvalue weighted by Crippen LogP contribution is 2.46. The van der Waals surface area contributed by atoms with E-state index in [2.05, 4.69) is 0 Å². The maximum Gasteiger partial charge on any atom is 0.143 e. The smallest absolute Gasteiger partial charge is 0.143 e. The van der Waals surface area contributed by atoms with Gasteiger partial charge < -0.3 is 4.42 Å². The molecule has 1 aromatic heterocycles. The van der Waals surface area contributed by atoms with Crippen LogP contribution in [0.1, 0.15) is 27.4 Å². The van der Waals surface area contributed by atoms with Gasteiger partial charge in [0.15, 0.2) is 0 Å². The zero-order valence-corrected chi connectivity index (χ0v) is 19.7. The van der Waals surface area contributed by atoms with Gasteiger partial charge in [-0.25, -0.2) is 0 Å². The lowest BCUT2D eigenvalue weighted by atomic mass is 9.85. The van der Waals surface area contributed by atoms with Crippen molar-refractivity contribution in [1.29, 1.82) is 0 Å². The summed E-state index contributed by atoms with van der Waals surface area (Å²) in [5.41, 5.74) is -2.70. The molecule has 8 rings (SSSR count). The maximum absolute atomic E-state index is 9.27. The molecule has 8 aromatic rings. The zero-order valence-electron chi connectivity index (χ0n) is 39.7. The van der Waals surface area contributed by atoms with E-state index >= 15 is 0 Å². The van der Waals surface area contributed by atoms with Gasteiger partial charge in [0, 0.05) is 21.9 Å². The van der Waals surface area contributed by atoms with Gasteiger partial charge in [-0.3, -0.25) is 0 Å². The molecule has 182 valence electrons. The number of furan rings is 1. The Balaban J connectivity index is 1.61. The Morgan fingerprint density at radius 1 is 0.385 bits per heavy atom. The number of fused-ring (bicyclic) bond motifs is 5. The van der Waals surface area contributed by atoms with Crippen molar-refractivity contribution in [3.63, 3.8) is 0 Å². The van der Waals surface area contributed by atoms with Crippen molar-refractivity contribution in [1.82, 2.24) is 0 Å². The summed E-state index contributed by atoms with van der Waals surface area (Å²) in [5.74, 6) is 0. The predicted octanol–water partition coefficient (Wildman–Crippen LogP) is 10.9. The third-order valence-corrected chi connectivity index (χ3v) is 6.50. The van der Waals surface area contributed by atoms with E-state index < -0.39 is 113 Å². The molecule has 1 heteroatoms. The lowest BCUT2D eigenvalue weighted by Gasteiger charge is -2.18. The van der Waals surface area contributed by atoms with E-state index in [-0.39, 0.29) is 84.3 Å². The first-order valence-corrected chi connectivity index (χ1v) is 11.7. The molecule has 0 bridgehead atoms. The average molecular weight is 517 g/mol. The van der Waals surface area contributed by atoms with E-state index in [0.717, 1.165) is 0 Å². The summed E-state index contributed by atoms with van der Waals surface area (Å²) in [6.45, 7) is 0. The minimum Gasteiger partial charge on any atom is -0.455 e. The van der Waals surface area contributed by atoms with Gasteiger partial charge in [-0.2, -0.15) is 0 Å². The topological polar surface area (TPSA) is 13.1 Å². The number of hydrogen-bond acceptors (Lipinski definition) is 1. The molecule has 39 heavy (non-hydrogen) atoms. The van der Waals surface area contributed by atoms with E-state index in [9.17, 15) is 4.11 Å². The number of rotatable bonds is 3. The minimum atomic E-state index is -0.793. The molecular weight excluding hydrogens is 472 g/mol. The van der Waals surface area contributed by atoms with Crippen LogP contribution in [0.5, 0.6) is 0 Å². The summed E-state index contributed by atoms with van der Waals surface area (Å²) in [7, 11) is 0. The van der Waals surface area contributed by atoms with E-state index in [4.69, 9.17) is 27.7 Å². The second kappa shape index (κ2) is 8.72. The third kappa shape index (κ3) is 3.41. The highest BCUT2D eigenvalue weighted by molar-refractivity contribution is 6.24. The van der Waals surface area contributed by atoms with Gasteiger partial charge in [0.2, 0.25) is 0 Å². The minimum absolute atomic E-state index is 0.0101. The second-order valence-corrected chi connectivity index (χ2v) is 8.57. The van der Waals surface area contributed by atoms with E-state index in [1.54, 1.807) is 0 Å². The van der Waals surface area contributed by atoms with E-state index in [1.165, 1.54) is 24.3 Å². The Labute approximate surface area is 254 Å². The van der Waals surface area contributed by atoms with Crippen molar-refractivity contribution in [3.8, 4) is 33.4 Å². The van der Waals surface area contributed by atoms with Crippen LogP contribution in [0.4, 0.5) is 0 Å². The quantitative estimate of drug-likeness (QED) is 0.213. The largest absolute Gasteiger partial charge is 0.455 e. The first kappa shape index (κ1) is 9.87. The molecule has 0 amide bonds. The van der Waals surface area contributed by atoms with Crippen LogP contribution < -0.4 is 0 Å². The van der Waals surface area contributed by atoms with Crippen molar-refractivity contribution in [2.75, 3.05) is 0 Å². The Bertz CT molecular complexity index is 3150. The molecule has 0 unspecified atom stereocenters. The lowest BCUT2D eigenvalue weighted by molar-refractivity contribution is 0.670. The molecule has 1 nitrogen and oxygen atoms in total. The van der Waals surface area contributed by atoms with Gasteiger partial charge in [-0.05, 0) is 49.8 Å². The van der Waals surface area contributed by atoms with Gasteiger partial charge in [0.25, 0.3) is 0 Å². The summed E-state index contributed by atoms with van der Waals surface area (Å²) >= 11 is 0. The molecule has 0 N–H and O–H groups in total. The van der Waals surface area contributed by atoms with Crippen LogP contribution in [0, 0.1) is 0 Å². The monoisotopic (exact) mass is 516 g/mol. The van der Waals surface area contributed by atoms with Gasteiger partial charge in [-0.15, -0.1) is 0 Å². The standard InChI is InChI=1S/C38H24O/c1-2-11-25(12-3-1)26-21-23-27(24-22-26)36-29-14-4-6-16-31(29)37(32-17-7-5-15-30(32)36)34-19-10-18-33-28-13-8-9-20-35(28)39-38(33)34/h1-24H/i1D,2D,3D,4D,5D,6D,7D,8D,9D,10D,11D,12D,13D,18D,19D,20D,21D,22D,23D,24D. The van der Waals surface area contributed by atoms with Crippen molar-refractivity contribution < 1.29 is 31.8 Å². The lowest BCUT2D eigenvalue weighted by Crippen LogP contribution is -1.91. The summed E-state index contributed by atoms with van der Waals surface area (Å²) < 4.78 is 179. The number of benzene rings is 7. The van der Waals surface area contributed by atoms with Crippen LogP contribution in [-0.2, 0) is 0 Å². The fraction of sp³-hybridized carbons (Fsp3) is 0. The van der Waals surface area contributed by atoms with Crippen LogP contribution in [0.25, 0.3) is 76.9 Å². The molecule has 0 saturated heterocycles. The normalized spacial score (nSPS) is 18.8. The molecule has 0 saturated carbocycles. The summed E-state index contributed by atoms with van der Waals surface area (Å²) in [4.78, 5) is 0. The fourth-order valence-corrected chi connectivity index (χ4v) is 4.86. The summed E-state index contributed by atoms with van der Waals surface area (Å²) in [5, 5.41) is -0.549. The number of para-hydroxylation sites is 2. The summed E-state index contributed by atoms with van der Waals surface area (Å²) in [6, 6.07) is -7.97. The highest BCUT2D eigenvalue weighted by Gasteiger charge is 2.19. The second-order valence-electron chi connectivity index (χ2n) is 8.57. The molecule has 0 aliphatic rings. The van der Waals surface area contributed by atoms with Crippen LogP contribution in [0.2, 0.25) is 0 Å². The van der Waals surface area contributed by atoms with Crippen molar-refractivity contribution in [3.05, 3.63) is 145 Å². The molecule has 0 fully saturated rings. The first-order chi connectivity index (χ1) is 27.6. The van der Waals surface area contributed by atoms with Crippen LogP contribution in [-0.4, -0.2) is 0 Å². The molecule has 0 atom stereocenters. The van der Waals surface area contributed by atoms with Gasteiger partial charge in [0.05, 0.1) is 27.4 Å². The Morgan fingerprint density at radius 3 is 1.62 bits per heavy atom. The maximum atomic E-state index is 9.27. The SMILES string of the molecule is [2H]c1cc2c(-c3c([2H])c([2H])c(-c4c([2H])c([2H])c([2H])c([2H])c4[2H])c([2H])c3[2H])c3cc([2H])c([2H])cc3c(-c3c([2H])c([2H])c([2H])c4c3oc3c([2H])c([2H])c([2H])c([2H])c34)c2cc1[2H]. The van der Waals surface area contributed by atoms with Crippen LogP contribution in [0.15, 0.2) is 150 Å². The van der Waals surface area contributed by atoms with Gasteiger partial charge in [0.1, 0.15) is 11.2 Å². The zero-order chi connectivity index (χ0) is 43.2. The Hall–Kier alpha value is -5.14. The van der Waals surface area contributed by atoms with Gasteiger partial charge >= 0.3 is 0 Å². The fourth-order valence-electron chi connectivity index (χ4n) is 4.86. The highest BCUT2D eigenvalue weighted by atomic mass is 16.3. The average Bonchev–Trinajstić information content (AvgIpc) is 3.60. The predicted molar refractivity (Wildman–Crippen MR) is 165 cm³/mol. The molecule has 0 radical (unpaired) electrons. The first-order valence-electron chi connectivity index (χ1n) is 21.7. The molecule has 7 aromatic carbocycles. The Morgan fingerprint density at radius 2 is 0.923 bits per heavy atom. The molecule has 0 aliphatic carbocycles. The van der Waals surface area contributed by atoms with E-state index in [0.29, 0.717) is 0 Å². The van der Waals surface area contributed by atoms with Gasteiger partial charge in [-0.1, -0.05) is 139 Å². The molecule has 0 aliphatic heterocycles. The van der Waals surface area contributed by atoms with Crippen molar-refractivity contribution >= 4 is 43.5 Å².